The number of benzene rings is 3. The molecular weight excluding hydrogens is 563 g/mol. The molecule has 1 aromatic heterocycles. The van der Waals surface area contributed by atoms with E-state index in [1.165, 1.54) is 0 Å². The minimum atomic E-state index is -4.59. The van der Waals surface area contributed by atoms with Crippen LogP contribution >= 0.6 is 7.82 Å². The number of esters is 1. The zero-order valence-corrected chi connectivity index (χ0v) is 22.9. The maximum absolute atomic E-state index is 13.5. The van der Waals surface area contributed by atoms with Gasteiger partial charge in [0.05, 0.1) is 22.9 Å². The SMILES string of the molecule is Cc1cc(C(=O)NCCOP(=O)(O)O)cc(C)c1OC(=O)c1c2ccccc2[n+](C)c2ccccc12.[Br-]. The number of pyridine rings is 1. The number of rotatable bonds is 7. The molecule has 4 aromatic rings. The quantitative estimate of drug-likeness (QED) is 0.0716. The normalized spacial score (nSPS) is 11.3. The number of ether oxygens (including phenoxy) is 1. The number of phosphoric ester groups is 1. The summed E-state index contributed by atoms with van der Waals surface area (Å²) in [6.07, 6.45) is 0. The van der Waals surface area contributed by atoms with E-state index in [0.29, 0.717) is 28.0 Å². The number of aromatic nitrogens is 1. The van der Waals surface area contributed by atoms with Crippen LogP contribution in [0.4, 0.5) is 0 Å². The lowest BCUT2D eigenvalue weighted by molar-refractivity contribution is -0.617. The molecule has 194 valence electrons. The molecule has 0 aliphatic carbocycles. The maximum Gasteiger partial charge on any atom is 0.469 e. The summed E-state index contributed by atoms with van der Waals surface area (Å²) in [6, 6.07) is 18.5. The molecule has 1 amide bonds. The monoisotopic (exact) mass is 588 g/mol. The van der Waals surface area contributed by atoms with Gasteiger partial charge in [-0.25, -0.2) is 9.36 Å². The molecule has 0 unspecified atom stereocenters. The van der Waals surface area contributed by atoms with Crippen LogP contribution in [0.3, 0.4) is 0 Å². The lowest BCUT2D eigenvalue weighted by atomic mass is 10.0. The number of nitrogens with zero attached hydrogens (tertiary/aromatic N) is 1. The molecule has 4 rings (SSSR count). The van der Waals surface area contributed by atoms with E-state index in [4.69, 9.17) is 14.5 Å². The predicted octanol–water partition coefficient (Wildman–Crippen LogP) is 0.497. The number of aryl methyl sites for hydroxylation is 3. The highest BCUT2D eigenvalue weighted by Gasteiger charge is 2.25. The van der Waals surface area contributed by atoms with Gasteiger partial charge < -0.3 is 36.8 Å². The Morgan fingerprint density at radius 1 is 0.946 bits per heavy atom. The molecule has 0 fully saturated rings. The van der Waals surface area contributed by atoms with Crippen molar-refractivity contribution in [2.75, 3.05) is 13.2 Å². The minimum absolute atomic E-state index is 0. The lowest BCUT2D eigenvalue weighted by Crippen LogP contribution is -3.00. The minimum Gasteiger partial charge on any atom is -1.00 e. The number of hydrogen-bond donors (Lipinski definition) is 3. The second-order valence-electron chi connectivity index (χ2n) is 8.38. The van der Waals surface area contributed by atoms with Gasteiger partial charge in [-0.1, -0.05) is 24.3 Å². The molecule has 3 aromatic carbocycles. The van der Waals surface area contributed by atoms with Gasteiger partial charge in [-0.15, -0.1) is 0 Å². The van der Waals surface area contributed by atoms with E-state index in [9.17, 15) is 14.2 Å². The first kappa shape index (κ1) is 28.4. The van der Waals surface area contributed by atoms with Crippen LogP contribution in [0.2, 0.25) is 0 Å². The summed E-state index contributed by atoms with van der Waals surface area (Å²) in [5, 5.41) is 4.08. The molecule has 0 atom stereocenters. The largest absolute Gasteiger partial charge is 1.00 e. The van der Waals surface area contributed by atoms with Crippen molar-refractivity contribution in [2.24, 2.45) is 7.05 Å². The molecule has 11 heteroatoms. The van der Waals surface area contributed by atoms with Gasteiger partial charge in [-0.3, -0.25) is 9.32 Å². The highest BCUT2D eigenvalue weighted by atomic mass is 79.9. The van der Waals surface area contributed by atoms with Crippen LogP contribution in [-0.2, 0) is 16.1 Å². The van der Waals surface area contributed by atoms with Gasteiger partial charge in [-0.2, -0.15) is 4.57 Å². The fourth-order valence-corrected chi connectivity index (χ4v) is 4.60. The number of para-hydroxylation sites is 2. The number of carbonyl (C=O) groups is 2. The number of carbonyl (C=O) groups excluding carboxylic acids is 2. The van der Waals surface area contributed by atoms with Crippen molar-refractivity contribution in [2.45, 2.75) is 13.8 Å². The number of hydrogen-bond acceptors (Lipinski definition) is 5. The van der Waals surface area contributed by atoms with Crippen molar-refractivity contribution >= 4 is 41.5 Å². The molecule has 0 aliphatic heterocycles. The molecule has 0 spiro atoms. The van der Waals surface area contributed by atoms with Gasteiger partial charge in [0, 0.05) is 24.2 Å². The fourth-order valence-electron chi connectivity index (χ4n) is 4.27. The van der Waals surface area contributed by atoms with Gasteiger partial charge in [0.15, 0.2) is 0 Å². The van der Waals surface area contributed by atoms with Crippen LogP contribution in [0.5, 0.6) is 5.75 Å². The Kier molecular flexibility index (Phi) is 8.84. The Morgan fingerprint density at radius 3 is 1.97 bits per heavy atom. The zero-order chi connectivity index (χ0) is 26.0. The summed E-state index contributed by atoms with van der Waals surface area (Å²) >= 11 is 0. The van der Waals surface area contributed by atoms with Gasteiger partial charge in [0.1, 0.15) is 12.8 Å². The van der Waals surface area contributed by atoms with E-state index < -0.39 is 19.7 Å². The van der Waals surface area contributed by atoms with E-state index in [0.717, 1.165) is 21.8 Å². The summed E-state index contributed by atoms with van der Waals surface area (Å²) < 4.78 is 23.0. The van der Waals surface area contributed by atoms with Crippen molar-refractivity contribution in [1.29, 1.82) is 0 Å². The van der Waals surface area contributed by atoms with Crippen molar-refractivity contribution in [1.82, 2.24) is 5.32 Å². The summed E-state index contributed by atoms with van der Waals surface area (Å²) in [5.74, 6) is -0.579. The zero-order valence-electron chi connectivity index (χ0n) is 20.4. The van der Waals surface area contributed by atoms with Crippen LogP contribution in [0.1, 0.15) is 31.8 Å². The summed E-state index contributed by atoms with van der Waals surface area (Å²) in [7, 11) is -2.64. The molecule has 37 heavy (non-hydrogen) atoms. The Labute approximate surface area is 224 Å². The van der Waals surface area contributed by atoms with Crippen molar-refractivity contribution < 1.29 is 54.8 Å². The van der Waals surface area contributed by atoms with Gasteiger partial charge in [-0.05, 0) is 49.2 Å². The fraction of sp³-hybridized carbons (Fsp3) is 0.192. The molecule has 0 saturated heterocycles. The third-order valence-electron chi connectivity index (χ3n) is 5.84. The number of halogens is 1. The molecule has 9 nitrogen and oxygen atoms in total. The molecule has 0 bridgehead atoms. The van der Waals surface area contributed by atoms with Gasteiger partial charge >= 0.3 is 13.8 Å². The highest BCUT2D eigenvalue weighted by Crippen LogP contribution is 2.35. The van der Waals surface area contributed by atoms with Crippen LogP contribution in [-0.4, -0.2) is 34.8 Å². The maximum atomic E-state index is 13.5. The lowest BCUT2D eigenvalue weighted by Gasteiger charge is -2.15. The molecule has 0 aliphatic rings. The Balaban J connectivity index is 0.00000380. The van der Waals surface area contributed by atoms with Crippen molar-refractivity contribution in [3.63, 3.8) is 0 Å². The molecule has 1 heterocycles. The summed E-state index contributed by atoms with van der Waals surface area (Å²) in [5.41, 5.74) is 3.76. The summed E-state index contributed by atoms with van der Waals surface area (Å²) in [4.78, 5) is 43.5. The smallest absolute Gasteiger partial charge is 0.469 e. The summed E-state index contributed by atoms with van der Waals surface area (Å²) in [6.45, 7) is 3.07. The molecule has 0 saturated carbocycles. The first-order valence-electron chi connectivity index (χ1n) is 11.2. The number of amides is 1. The van der Waals surface area contributed by atoms with Crippen molar-refractivity contribution in [3.8, 4) is 5.75 Å². The Hall–Kier alpha value is -3.14. The van der Waals surface area contributed by atoms with E-state index in [1.807, 2.05) is 60.1 Å². The Morgan fingerprint density at radius 2 is 1.46 bits per heavy atom. The van der Waals surface area contributed by atoms with E-state index in [1.54, 1.807) is 26.0 Å². The third-order valence-corrected chi connectivity index (χ3v) is 6.36. The topological polar surface area (TPSA) is 126 Å². The molecule has 3 N–H and O–H groups in total. The van der Waals surface area contributed by atoms with Crippen LogP contribution < -0.4 is 31.6 Å². The van der Waals surface area contributed by atoms with E-state index in [2.05, 4.69) is 9.84 Å². The van der Waals surface area contributed by atoms with E-state index in [-0.39, 0.29) is 30.1 Å². The highest BCUT2D eigenvalue weighted by molar-refractivity contribution is 7.46. The van der Waals surface area contributed by atoms with Crippen LogP contribution in [0, 0.1) is 13.8 Å². The van der Waals surface area contributed by atoms with Gasteiger partial charge in [0.2, 0.25) is 11.0 Å². The average molecular weight is 589 g/mol. The number of fused-ring (bicyclic) bond motifs is 2. The van der Waals surface area contributed by atoms with Crippen LogP contribution in [0.25, 0.3) is 21.8 Å². The second kappa shape index (κ2) is 11.5. The molecular formula is C26H26BrN2O7P. The first-order chi connectivity index (χ1) is 17.1. The van der Waals surface area contributed by atoms with Crippen LogP contribution in [0.15, 0.2) is 60.7 Å². The standard InChI is InChI=1S/C26H25N2O7P.BrH/c1-16-14-18(25(29)27-12-13-34-36(31,32)33)15-17(2)24(16)35-26(30)23-19-8-4-6-10-21(19)28(3)22-11-7-5-9-20(22)23;/h4-11,14-15H,12-13H2,1-3H3,(H2-,27,29,31,32,33);1H. The van der Waals surface area contributed by atoms with Crippen molar-refractivity contribution in [3.05, 3.63) is 82.9 Å². The first-order valence-corrected chi connectivity index (χ1v) is 12.7. The second-order valence-corrected chi connectivity index (χ2v) is 9.62. The average Bonchev–Trinajstić information content (AvgIpc) is 2.83. The number of phosphoric acid groups is 1. The third kappa shape index (κ3) is 6.23. The predicted molar refractivity (Wildman–Crippen MR) is 134 cm³/mol. The van der Waals surface area contributed by atoms with E-state index >= 15 is 0 Å². The van der Waals surface area contributed by atoms with Gasteiger partial charge in [0.25, 0.3) is 5.91 Å². The molecule has 0 radical (unpaired) electrons. The number of nitrogens with one attached hydrogen (secondary N) is 1. The Bertz CT molecular complexity index is 1470.